The van der Waals surface area contributed by atoms with E-state index in [1.807, 2.05) is 6.92 Å². The van der Waals surface area contributed by atoms with Crippen LogP contribution in [0.4, 0.5) is 0 Å². The Hall–Kier alpha value is -1.51. The van der Waals surface area contributed by atoms with Crippen molar-refractivity contribution < 1.29 is 22.6 Å². The van der Waals surface area contributed by atoms with Gasteiger partial charge in [0, 0.05) is 37.8 Å². The van der Waals surface area contributed by atoms with Crippen molar-refractivity contribution in [2.75, 3.05) is 41.0 Å². The van der Waals surface area contributed by atoms with Crippen LogP contribution in [0.2, 0.25) is 0 Å². The summed E-state index contributed by atoms with van der Waals surface area (Å²) in [6.07, 6.45) is 0. The van der Waals surface area contributed by atoms with Crippen molar-refractivity contribution in [1.29, 1.82) is 0 Å². The summed E-state index contributed by atoms with van der Waals surface area (Å²) < 4.78 is 43.1. The number of hydrogen-bond acceptors (Lipinski definition) is 6. The van der Waals surface area contributed by atoms with Gasteiger partial charge in [-0.1, -0.05) is 0 Å². The van der Waals surface area contributed by atoms with Gasteiger partial charge in [0.1, 0.15) is 17.2 Å². The molecule has 1 fully saturated rings. The fourth-order valence-electron chi connectivity index (χ4n) is 2.47. The first-order chi connectivity index (χ1) is 10.4. The molecule has 1 saturated heterocycles. The smallest absolute Gasteiger partial charge is 0.250 e. The molecule has 1 heterocycles. The summed E-state index contributed by atoms with van der Waals surface area (Å²) in [5.74, 6) is 0.895. The molecule has 22 heavy (non-hydrogen) atoms. The van der Waals surface area contributed by atoms with E-state index in [1.54, 1.807) is 12.1 Å². The summed E-state index contributed by atoms with van der Waals surface area (Å²) >= 11 is 0. The van der Waals surface area contributed by atoms with Crippen molar-refractivity contribution in [2.45, 2.75) is 17.9 Å². The standard InChI is InChI=1S/C14H22N2O5S/c1-10-9-16(6-5-15-10)22(17,18)14-12(20-3)7-11(19-2)8-13(14)21-4/h7-8,10,15H,5-6,9H2,1-4H3/t10-/m0/s1. The second-order valence-corrected chi connectivity index (χ2v) is 6.95. The Morgan fingerprint density at radius 1 is 1.14 bits per heavy atom. The fraction of sp³-hybridized carbons (Fsp3) is 0.571. The highest BCUT2D eigenvalue weighted by molar-refractivity contribution is 7.89. The molecule has 7 nitrogen and oxygen atoms in total. The maximum absolute atomic E-state index is 13.0. The molecule has 1 aromatic rings. The number of rotatable bonds is 5. The van der Waals surface area contributed by atoms with Gasteiger partial charge in [-0.2, -0.15) is 4.31 Å². The lowest BCUT2D eigenvalue weighted by Gasteiger charge is -2.31. The van der Waals surface area contributed by atoms with Gasteiger partial charge in [0.2, 0.25) is 0 Å². The Morgan fingerprint density at radius 3 is 2.18 bits per heavy atom. The lowest BCUT2D eigenvalue weighted by molar-refractivity contribution is 0.305. The molecular formula is C14H22N2O5S. The molecule has 2 rings (SSSR count). The van der Waals surface area contributed by atoms with Gasteiger partial charge in [-0.15, -0.1) is 0 Å². The van der Waals surface area contributed by atoms with Gasteiger partial charge in [0.15, 0.2) is 4.90 Å². The van der Waals surface area contributed by atoms with Crippen LogP contribution in [0.15, 0.2) is 17.0 Å². The Bertz CT molecular complexity index is 607. The molecule has 1 N–H and O–H groups in total. The molecule has 0 unspecified atom stereocenters. The number of benzene rings is 1. The molecule has 0 amide bonds. The van der Waals surface area contributed by atoms with Gasteiger partial charge in [-0.3, -0.25) is 0 Å². The van der Waals surface area contributed by atoms with Crippen molar-refractivity contribution in [3.63, 3.8) is 0 Å². The first-order valence-electron chi connectivity index (χ1n) is 6.97. The molecule has 0 saturated carbocycles. The van der Waals surface area contributed by atoms with Crippen LogP contribution in [-0.2, 0) is 10.0 Å². The topological polar surface area (TPSA) is 77.1 Å². The number of sulfonamides is 1. The van der Waals surface area contributed by atoms with Gasteiger partial charge in [-0.05, 0) is 6.92 Å². The molecule has 0 bridgehead atoms. The van der Waals surface area contributed by atoms with E-state index in [9.17, 15) is 8.42 Å². The highest BCUT2D eigenvalue weighted by Gasteiger charge is 2.34. The first-order valence-corrected chi connectivity index (χ1v) is 8.41. The predicted molar refractivity (Wildman–Crippen MR) is 82.3 cm³/mol. The number of ether oxygens (including phenoxy) is 3. The monoisotopic (exact) mass is 330 g/mol. The molecule has 124 valence electrons. The third-order valence-electron chi connectivity index (χ3n) is 3.60. The second kappa shape index (κ2) is 6.72. The van der Waals surface area contributed by atoms with E-state index in [0.29, 0.717) is 25.4 Å². The Morgan fingerprint density at radius 2 is 1.73 bits per heavy atom. The summed E-state index contributed by atoms with van der Waals surface area (Å²) in [6.45, 7) is 3.37. The van der Waals surface area contributed by atoms with Crippen LogP contribution in [0.1, 0.15) is 6.92 Å². The van der Waals surface area contributed by atoms with Crippen molar-refractivity contribution >= 4 is 10.0 Å². The molecule has 1 aromatic carbocycles. The SMILES string of the molecule is COc1cc(OC)c(S(=O)(=O)N2CCN[C@@H](C)C2)c(OC)c1. The zero-order valence-corrected chi connectivity index (χ0v) is 14.1. The van der Waals surface area contributed by atoms with Gasteiger partial charge in [-0.25, -0.2) is 8.42 Å². The zero-order chi connectivity index (χ0) is 16.3. The Balaban J connectivity index is 2.54. The summed E-state index contributed by atoms with van der Waals surface area (Å²) in [6, 6.07) is 3.18. The van der Waals surface area contributed by atoms with E-state index in [4.69, 9.17) is 14.2 Å². The Kier molecular flexibility index (Phi) is 5.15. The summed E-state index contributed by atoms with van der Waals surface area (Å²) in [4.78, 5) is 0.0346. The van der Waals surface area contributed by atoms with Crippen LogP contribution in [0, 0.1) is 0 Å². The minimum absolute atomic E-state index is 0.0346. The first kappa shape index (κ1) is 16.9. The maximum Gasteiger partial charge on any atom is 0.250 e. The average molecular weight is 330 g/mol. The lowest BCUT2D eigenvalue weighted by atomic mass is 10.3. The lowest BCUT2D eigenvalue weighted by Crippen LogP contribution is -2.51. The molecule has 1 atom stereocenters. The minimum atomic E-state index is -3.72. The van der Waals surface area contributed by atoms with E-state index in [1.165, 1.54) is 25.6 Å². The van der Waals surface area contributed by atoms with E-state index in [0.717, 1.165) is 0 Å². The van der Waals surface area contributed by atoms with Crippen LogP contribution in [-0.4, -0.2) is 59.7 Å². The molecule has 8 heteroatoms. The van der Waals surface area contributed by atoms with E-state index >= 15 is 0 Å². The van der Waals surface area contributed by atoms with Crippen molar-refractivity contribution in [3.05, 3.63) is 12.1 Å². The van der Waals surface area contributed by atoms with Crippen LogP contribution in [0.3, 0.4) is 0 Å². The number of hydrogen-bond donors (Lipinski definition) is 1. The maximum atomic E-state index is 13.0. The normalized spacial score (nSPS) is 19.7. The van der Waals surface area contributed by atoms with Gasteiger partial charge in [0.05, 0.1) is 21.3 Å². The van der Waals surface area contributed by atoms with Crippen LogP contribution in [0.25, 0.3) is 0 Å². The highest BCUT2D eigenvalue weighted by Crippen LogP contribution is 2.39. The number of methoxy groups -OCH3 is 3. The molecule has 1 aliphatic heterocycles. The number of nitrogens with zero attached hydrogens (tertiary/aromatic N) is 1. The fourth-order valence-corrected chi connectivity index (χ4v) is 4.27. The van der Waals surface area contributed by atoms with Crippen molar-refractivity contribution in [2.24, 2.45) is 0 Å². The van der Waals surface area contributed by atoms with E-state index in [-0.39, 0.29) is 22.4 Å². The van der Waals surface area contributed by atoms with E-state index < -0.39 is 10.0 Å². The van der Waals surface area contributed by atoms with Crippen LogP contribution in [0.5, 0.6) is 17.2 Å². The van der Waals surface area contributed by atoms with Crippen molar-refractivity contribution in [1.82, 2.24) is 9.62 Å². The largest absolute Gasteiger partial charge is 0.496 e. The third-order valence-corrected chi connectivity index (χ3v) is 5.53. The molecule has 0 aliphatic carbocycles. The Labute approximate surface area is 131 Å². The summed E-state index contributed by atoms with van der Waals surface area (Å²) in [5.41, 5.74) is 0. The van der Waals surface area contributed by atoms with Crippen LogP contribution < -0.4 is 19.5 Å². The second-order valence-electron chi connectivity index (χ2n) is 5.08. The molecular weight excluding hydrogens is 308 g/mol. The summed E-state index contributed by atoms with van der Waals surface area (Å²) in [5, 5.41) is 3.22. The van der Waals surface area contributed by atoms with Crippen molar-refractivity contribution in [3.8, 4) is 17.2 Å². The quantitative estimate of drug-likeness (QED) is 0.856. The third kappa shape index (κ3) is 3.13. The predicted octanol–water partition coefficient (Wildman–Crippen LogP) is 0.695. The molecule has 1 aliphatic rings. The van der Waals surface area contributed by atoms with E-state index in [2.05, 4.69) is 5.32 Å². The van der Waals surface area contributed by atoms with Gasteiger partial charge in [0.25, 0.3) is 10.0 Å². The van der Waals surface area contributed by atoms with Gasteiger partial charge >= 0.3 is 0 Å². The minimum Gasteiger partial charge on any atom is -0.496 e. The zero-order valence-electron chi connectivity index (χ0n) is 13.3. The number of nitrogens with one attached hydrogen (secondary N) is 1. The average Bonchev–Trinajstić information content (AvgIpc) is 2.53. The molecule has 0 spiro atoms. The number of piperazine rings is 1. The molecule has 0 aromatic heterocycles. The van der Waals surface area contributed by atoms with Gasteiger partial charge < -0.3 is 19.5 Å². The molecule has 0 radical (unpaired) electrons. The highest BCUT2D eigenvalue weighted by atomic mass is 32.2. The summed E-state index contributed by atoms with van der Waals surface area (Å²) in [7, 11) is 0.631. The van der Waals surface area contributed by atoms with Crippen LogP contribution >= 0.6 is 0 Å².